The molecule has 0 bridgehead atoms. The fourth-order valence-electron chi connectivity index (χ4n) is 5.66. The molecule has 0 unspecified atom stereocenters. The Balaban J connectivity index is 1.49. The van der Waals surface area contributed by atoms with E-state index in [1.165, 1.54) is 0 Å². The molecule has 1 saturated carbocycles. The summed E-state index contributed by atoms with van der Waals surface area (Å²) in [6.45, 7) is -1.18. The van der Waals surface area contributed by atoms with Crippen LogP contribution in [0.2, 0.25) is 0 Å². The van der Waals surface area contributed by atoms with Crippen LogP contribution in [0.15, 0.2) is 0 Å². The summed E-state index contributed by atoms with van der Waals surface area (Å²) < 4.78 is 34.7. The second-order valence-electron chi connectivity index (χ2n) is 11.1. The van der Waals surface area contributed by atoms with Gasteiger partial charge in [-0.1, -0.05) is 0 Å². The summed E-state index contributed by atoms with van der Waals surface area (Å²) in [4.78, 5) is 0. The molecule has 0 radical (unpaired) electrons. The van der Waals surface area contributed by atoms with Crippen molar-refractivity contribution >= 4 is 0 Å². The zero-order valence-electron chi connectivity index (χ0n) is 22.4. The van der Waals surface area contributed by atoms with Crippen molar-refractivity contribution in [3.63, 3.8) is 0 Å². The summed E-state index contributed by atoms with van der Waals surface area (Å²) in [6.07, 6.45) is -17.3. The lowest BCUT2D eigenvalue weighted by atomic mass is 9.84. The van der Waals surface area contributed by atoms with E-state index in [0.717, 1.165) is 0 Å². The summed E-state index contributed by atoms with van der Waals surface area (Å²) in [5.41, 5.74) is 30.0. The molecule has 4 fully saturated rings. The first-order chi connectivity index (χ1) is 19.4. The summed E-state index contributed by atoms with van der Waals surface area (Å²) in [7, 11) is 0. The third-order valence-electron chi connectivity index (χ3n) is 8.18. The lowest BCUT2D eigenvalue weighted by Crippen LogP contribution is -2.66. The van der Waals surface area contributed by atoms with E-state index in [1.54, 1.807) is 0 Å². The van der Waals surface area contributed by atoms with Crippen LogP contribution < -0.4 is 28.7 Å². The highest BCUT2D eigenvalue weighted by Gasteiger charge is 2.53. The van der Waals surface area contributed by atoms with Crippen molar-refractivity contribution in [2.75, 3.05) is 19.8 Å². The molecule has 0 amide bonds. The molecule has 0 spiro atoms. The van der Waals surface area contributed by atoms with E-state index in [4.69, 9.17) is 57.1 Å². The van der Waals surface area contributed by atoms with Gasteiger partial charge in [0.05, 0.1) is 43.6 Å². The third kappa shape index (κ3) is 6.85. The lowest BCUT2D eigenvalue weighted by Gasteiger charge is -2.46. The molecule has 3 heterocycles. The molecular formula is C23H45N5O13. The van der Waals surface area contributed by atoms with Crippen LogP contribution in [0.3, 0.4) is 0 Å². The Labute approximate surface area is 236 Å². The first-order valence-electron chi connectivity index (χ1n) is 13.7. The Morgan fingerprint density at radius 1 is 0.585 bits per heavy atom. The molecule has 18 heteroatoms. The van der Waals surface area contributed by atoms with Gasteiger partial charge in [-0.3, -0.25) is 0 Å². The highest BCUT2D eigenvalue weighted by atomic mass is 16.8. The van der Waals surface area contributed by atoms with E-state index >= 15 is 0 Å². The minimum atomic E-state index is -1.58. The summed E-state index contributed by atoms with van der Waals surface area (Å²) in [5, 5.41) is 72.2. The van der Waals surface area contributed by atoms with Crippen LogP contribution in [-0.2, 0) is 28.4 Å². The van der Waals surface area contributed by atoms with Gasteiger partial charge in [0.2, 0.25) is 0 Å². The number of ether oxygens (including phenoxy) is 6. The zero-order chi connectivity index (χ0) is 30.2. The van der Waals surface area contributed by atoms with Gasteiger partial charge in [0.25, 0.3) is 0 Å². The number of nitrogens with two attached hydrogens (primary N) is 5. The van der Waals surface area contributed by atoms with Crippen molar-refractivity contribution in [3.8, 4) is 0 Å². The molecule has 18 nitrogen and oxygen atoms in total. The van der Waals surface area contributed by atoms with Crippen molar-refractivity contribution in [2.24, 2.45) is 28.7 Å². The SMILES string of the molecule is NC[C@@H]1O[C@H](O[C@H]2[C@@H](O)[C@H](O[C@@H]3[C@@H](O)[C@H](N)C[C@H](N)[C@H]3O[C@H]3O[C@H](CO)C[C@H](O)[C@H]3N)O[C@@H]2CO)[C@H](N)[C@@H](O)[C@@H]1O. The molecule has 0 aromatic carbocycles. The van der Waals surface area contributed by atoms with Crippen LogP contribution in [0.4, 0.5) is 0 Å². The maximum absolute atomic E-state index is 11.1. The molecule has 4 aliphatic rings. The number of aliphatic hydroxyl groups is 7. The molecule has 240 valence electrons. The van der Waals surface area contributed by atoms with Crippen LogP contribution in [0.5, 0.6) is 0 Å². The predicted octanol–water partition coefficient (Wildman–Crippen LogP) is -7.83. The fourth-order valence-corrected chi connectivity index (χ4v) is 5.66. The third-order valence-corrected chi connectivity index (χ3v) is 8.18. The van der Waals surface area contributed by atoms with Crippen LogP contribution in [-0.4, -0.2) is 166 Å². The zero-order valence-corrected chi connectivity index (χ0v) is 22.4. The molecule has 3 saturated heterocycles. The molecule has 17 N–H and O–H groups in total. The molecular weight excluding hydrogens is 554 g/mol. The molecule has 4 rings (SSSR count). The average molecular weight is 600 g/mol. The lowest BCUT2D eigenvalue weighted by molar-refractivity contribution is -0.297. The van der Waals surface area contributed by atoms with Gasteiger partial charge >= 0.3 is 0 Å². The minimum absolute atomic E-state index is 0.0874. The van der Waals surface area contributed by atoms with Crippen molar-refractivity contribution in [1.29, 1.82) is 0 Å². The van der Waals surface area contributed by atoms with Crippen molar-refractivity contribution in [3.05, 3.63) is 0 Å². The van der Waals surface area contributed by atoms with E-state index in [-0.39, 0.29) is 19.4 Å². The molecule has 0 aromatic rings. The Morgan fingerprint density at radius 3 is 1.83 bits per heavy atom. The quantitative estimate of drug-likeness (QED) is 0.117. The van der Waals surface area contributed by atoms with Gasteiger partial charge in [0, 0.05) is 25.0 Å². The summed E-state index contributed by atoms with van der Waals surface area (Å²) in [6, 6.07) is -3.89. The van der Waals surface area contributed by atoms with Crippen LogP contribution in [0, 0.1) is 0 Å². The van der Waals surface area contributed by atoms with Crippen LogP contribution >= 0.6 is 0 Å². The smallest absolute Gasteiger partial charge is 0.187 e. The molecule has 41 heavy (non-hydrogen) atoms. The van der Waals surface area contributed by atoms with Gasteiger partial charge in [0.15, 0.2) is 18.9 Å². The van der Waals surface area contributed by atoms with Crippen molar-refractivity contribution in [1.82, 2.24) is 0 Å². The van der Waals surface area contributed by atoms with Gasteiger partial charge in [0.1, 0.15) is 48.8 Å². The Morgan fingerprint density at radius 2 is 1.20 bits per heavy atom. The molecule has 3 aliphatic heterocycles. The van der Waals surface area contributed by atoms with Gasteiger partial charge < -0.3 is 92.8 Å². The number of hydrogen-bond acceptors (Lipinski definition) is 18. The normalized spacial score (nSPS) is 53.0. The van der Waals surface area contributed by atoms with Gasteiger partial charge in [-0.25, -0.2) is 0 Å². The Hall–Kier alpha value is -0.720. The van der Waals surface area contributed by atoms with E-state index in [9.17, 15) is 35.7 Å². The van der Waals surface area contributed by atoms with Crippen LogP contribution in [0.25, 0.3) is 0 Å². The Bertz CT molecular complexity index is 837. The van der Waals surface area contributed by atoms with Crippen molar-refractivity contribution < 1.29 is 64.2 Å². The minimum Gasteiger partial charge on any atom is -0.394 e. The standard InChI is InChI=1S/C23H45N5O13/c24-3-10-15(33)16(34)13(28)22(37-10)40-19-11(5-30)38-23(17(19)35)41-20-14(32)7(25)2-8(26)18(20)39-21-12(27)9(31)1-6(4-29)36-21/h6-23,29-35H,1-5,24-28H2/t6-,7+,8-,9-,10-,11+,12+,13+,14-,15+,16+,17+,18+,19+,20+,21+,22+,23-/m0/s1. The molecule has 1 aliphatic carbocycles. The first kappa shape index (κ1) is 33.2. The van der Waals surface area contributed by atoms with Gasteiger partial charge in [-0.05, 0) is 6.42 Å². The molecule has 18 atom stereocenters. The maximum Gasteiger partial charge on any atom is 0.187 e. The van der Waals surface area contributed by atoms with Gasteiger partial charge in [-0.15, -0.1) is 0 Å². The maximum atomic E-state index is 11.1. The van der Waals surface area contributed by atoms with Gasteiger partial charge in [-0.2, -0.15) is 0 Å². The number of rotatable bonds is 9. The highest BCUT2D eigenvalue weighted by molar-refractivity contribution is 5.01. The highest BCUT2D eigenvalue weighted by Crippen LogP contribution is 2.34. The van der Waals surface area contributed by atoms with E-state index in [0.29, 0.717) is 0 Å². The monoisotopic (exact) mass is 599 g/mol. The molecule has 0 aromatic heterocycles. The second kappa shape index (κ2) is 13.9. The summed E-state index contributed by atoms with van der Waals surface area (Å²) in [5.74, 6) is 0. The Kier molecular flexibility index (Phi) is 11.3. The van der Waals surface area contributed by atoms with E-state index in [1.807, 2.05) is 0 Å². The van der Waals surface area contributed by atoms with Crippen molar-refractivity contribution in [2.45, 2.75) is 123 Å². The largest absolute Gasteiger partial charge is 0.394 e. The van der Waals surface area contributed by atoms with E-state index in [2.05, 4.69) is 0 Å². The van der Waals surface area contributed by atoms with E-state index < -0.39 is 123 Å². The average Bonchev–Trinajstić information content (AvgIpc) is 3.25. The number of aliphatic hydroxyl groups excluding tert-OH is 7. The predicted molar refractivity (Wildman–Crippen MR) is 135 cm³/mol. The number of hydrogen-bond donors (Lipinski definition) is 12. The topological polar surface area (TPSA) is 327 Å². The fraction of sp³-hybridized carbons (Fsp3) is 1.00. The second-order valence-corrected chi connectivity index (χ2v) is 11.1. The summed E-state index contributed by atoms with van der Waals surface area (Å²) >= 11 is 0. The first-order valence-corrected chi connectivity index (χ1v) is 13.7. The van der Waals surface area contributed by atoms with Crippen LogP contribution in [0.1, 0.15) is 12.8 Å².